The number of hydrogen-bond acceptors (Lipinski definition) is 2. The Labute approximate surface area is 76.6 Å². The molecule has 0 atom stereocenters. The van der Waals surface area contributed by atoms with E-state index in [9.17, 15) is 0 Å². The number of hydroxylamine groups is 1. The predicted molar refractivity (Wildman–Crippen MR) is 52.9 cm³/mol. The van der Waals surface area contributed by atoms with Gasteiger partial charge in [0.25, 0.3) is 0 Å². The van der Waals surface area contributed by atoms with Crippen molar-refractivity contribution < 1.29 is 4.84 Å². The van der Waals surface area contributed by atoms with Crippen molar-refractivity contribution >= 4 is 0 Å². The SMILES string of the molecule is CC(C)(C)CCNOC(C)(C)C. The summed E-state index contributed by atoms with van der Waals surface area (Å²) in [5.41, 5.74) is 3.28. The number of rotatable bonds is 3. The Morgan fingerprint density at radius 1 is 1.00 bits per heavy atom. The van der Waals surface area contributed by atoms with Gasteiger partial charge in [0.1, 0.15) is 0 Å². The minimum absolute atomic E-state index is 0.0854. The van der Waals surface area contributed by atoms with E-state index in [4.69, 9.17) is 4.84 Å². The van der Waals surface area contributed by atoms with Gasteiger partial charge in [-0.15, -0.1) is 0 Å². The standard InChI is InChI=1S/C10H23NO/c1-9(2,3)7-8-11-12-10(4,5)6/h11H,7-8H2,1-6H3. The highest BCUT2D eigenvalue weighted by molar-refractivity contribution is 4.62. The van der Waals surface area contributed by atoms with Gasteiger partial charge in [-0.05, 0) is 32.6 Å². The van der Waals surface area contributed by atoms with Gasteiger partial charge >= 0.3 is 0 Å². The molecular weight excluding hydrogens is 150 g/mol. The second kappa shape index (κ2) is 4.24. The Kier molecular flexibility index (Phi) is 4.21. The molecule has 0 saturated heterocycles. The molecule has 0 spiro atoms. The van der Waals surface area contributed by atoms with E-state index < -0.39 is 0 Å². The quantitative estimate of drug-likeness (QED) is 0.523. The molecule has 0 radical (unpaired) electrons. The van der Waals surface area contributed by atoms with Gasteiger partial charge in [0, 0.05) is 6.54 Å². The Hall–Kier alpha value is -0.0800. The van der Waals surface area contributed by atoms with Crippen molar-refractivity contribution in [3.63, 3.8) is 0 Å². The van der Waals surface area contributed by atoms with Crippen molar-refractivity contribution in [2.24, 2.45) is 5.41 Å². The van der Waals surface area contributed by atoms with Crippen LogP contribution in [0, 0.1) is 5.41 Å². The lowest BCUT2D eigenvalue weighted by Crippen LogP contribution is -2.31. The molecule has 0 aliphatic carbocycles. The summed E-state index contributed by atoms with van der Waals surface area (Å²) < 4.78 is 0. The molecule has 0 aromatic heterocycles. The minimum atomic E-state index is -0.0854. The average molecular weight is 173 g/mol. The molecule has 2 nitrogen and oxygen atoms in total. The van der Waals surface area contributed by atoms with Gasteiger partial charge in [0.15, 0.2) is 0 Å². The smallest absolute Gasteiger partial charge is 0.0812 e. The normalized spacial score (nSPS) is 13.5. The van der Waals surface area contributed by atoms with Gasteiger partial charge in [0.2, 0.25) is 0 Å². The first-order valence-corrected chi connectivity index (χ1v) is 4.62. The first kappa shape index (κ1) is 11.9. The largest absolute Gasteiger partial charge is 0.296 e. The fraction of sp³-hybridized carbons (Fsp3) is 1.00. The molecule has 0 aromatic rings. The number of hydrogen-bond donors (Lipinski definition) is 1. The van der Waals surface area contributed by atoms with Crippen molar-refractivity contribution in [2.75, 3.05) is 6.54 Å². The molecule has 0 aliphatic heterocycles. The molecule has 0 bridgehead atoms. The summed E-state index contributed by atoms with van der Waals surface area (Å²) in [4.78, 5) is 5.37. The topological polar surface area (TPSA) is 21.3 Å². The van der Waals surface area contributed by atoms with Crippen LogP contribution in [0.2, 0.25) is 0 Å². The molecule has 0 heterocycles. The number of nitrogens with one attached hydrogen (secondary N) is 1. The van der Waals surface area contributed by atoms with Crippen LogP contribution in [0.25, 0.3) is 0 Å². The van der Waals surface area contributed by atoms with E-state index >= 15 is 0 Å². The lowest BCUT2D eigenvalue weighted by atomic mass is 9.93. The lowest BCUT2D eigenvalue weighted by Gasteiger charge is -2.22. The second-order valence-electron chi connectivity index (χ2n) is 5.42. The van der Waals surface area contributed by atoms with E-state index in [0.29, 0.717) is 5.41 Å². The van der Waals surface area contributed by atoms with Crippen molar-refractivity contribution in [1.29, 1.82) is 0 Å². The van der Waals surface area contributed by atoms with E-state index in [2.05, 4.69) is 26.3 Å². The van der Waals surface area contributed by atoms with Crippen molar-refractivity contribution in [2.45, 2.75) is 53.6 Å². The predicted octanol–water partition coefficient (Wildman–Crippen LogP) is 2.74. The highest BCUT2D eigenvalue weighted by atomic mass is 16.7. The van der Waals surface area contributed by atoms with Gasteiger partial charge in [-0.2, -0.15) is 0 Å². The fourth-order valence-electron chi connectivity index (χ4n) is 0.694. The Balaban J connectivity index is 3.35. The van der Waals surface area contributed by atoms with Gasteiger partial charge in [-0.3, -0.25) is 4.84 Å². The van der Waals surface area contributed by atoms with E-state index in [-0.39, 0.29) is 5.60 Å². The van der Waals surface area contributed by atoms with Crippen LogP contribution in [-0.4, -0.2) is 12.1 Å². The monoisotopic (exact) mass is 173 g/mol. The summed E-state index contributed by atoms with van der Waals surface area (Å²) in [5, 5.41) is 0. The maximum Gasteiger partial charge on any atom is 0.0812 e. The lowest BCUT2D eigenvalue weighted by molar-refractivity contribution is -0.0747. The Morgan fingerprint density at radius 3 is 1.83 bits per heavy atom. The van der Waals surface area contributed by atoms with Crippen molar-refractivity contribution in [3.05, 3.63) is 0 Å². The highest BCUT2D eigenvalue weighted by Gasteiger charge is 2.12. The maximum atomic E-state index is 5.37. The first-order chi connectivity index (χ1) is 5.21. The van der Waals surface area contributed by atoms with E-state index in [1.54, 1.807) is 0 Å². The summed E-state index contributed by atoms with van der Waals surface area (Å²) in [6, 6.07) is 0. The first-order valence-electron chi connectivity index (χ1n) is 4.62. The van der Waals surface area contributed by atoms with E-state index in [1.807, 2.05) is 20.8 Å². The third kappa shape index (κ3) is 9.92. The molecule has 74 valence electrons. The Bertz CT molecular complexity index is 103. The van der Waals surface area contributed by atoms with Crippen molar-refractivity contribution in [3.8, 4) is 0 Å². The summed E-state index contributed by atoms with van der Waals surface area (Å²) >= 11 is 0. The zero-order valence-electron chi connectivity index (χ0n) is 9.32. The minimum Gasteiger partial charge on any atom is -0.296 e. The molecule has 0 rings (SSSR count). The third-order valence-electron chi connectivity index (χ3n) is 1.36. The molecule has 0 unspecified atom stereocenters. The average Bonchev–Trinajstić information content (AvgIpc) is 1.76. The van der Waals surface area contributed by atoms with Crippen molar-refractivity contribution in [1.82, 2.24) is 5.48 Å². The van der Waals surface area contributed by atoms with Gasteiger partial charge < -0.3 is 0 Å². The van der Waals surface area contributed by atoms with Crippen LogP contribution in [0.3, 0.4) is 0 Å². The molecule has 0 amide bonds. The summed E-state index contributed by atoms with van der Waals surface area (Å²) in [5.74, 6) is 0. The van der Waals surface area contributed by atoms with Gasteiger partial charge in [-0.25, -0.2) is 5.48 Å². The van der Waals surface area contributed by atoms with E-state index in [0.717, 1.165) is 13.0 Å². The molecule has 0 fully saturated rings. The Morgan fingerprint density at radius 2 is 1.50 bits per heavy atom. The highest BCUT2D eigenvalue weighted by Crippen LogP contribution is 2.17. The van der Waals surface area contributed by atoms with Crippen LogP contribution in [0.15, 0.2) is 0 Å². The summed E-state index contributed by atoms with van der Waals surface area (Å²) in [7, 11) is 0. The summed E-state index contributed by atoms with van der Waals surface area (Å²) in [6.45, 7) is 13.7. The molecule has 0 saturated carbocycles. The molecule has 0 aromatic carbocycles. The third-order valence-corrected chi connectivity index (χ3v) is 1.36. The molecule has 0 aliphatic rings. The molecular formula is C10H23NO. The van der Waals surface area contributed by atoms with Crippen LogP contribution in [0.4, 0.5) is 0 Å². The van der Waals surface area contributed by atoms with Crippen LogP contribution in [0.5, 0.6) is 0 Å². The van der Waals surface area contributed by atoms with Crippen LogP contribution < -0.4 is 5.48 Å². The zero-order chi connectivity index (χ0) is 9.83. The van der Waals surface area contributed by atoms with E-state index in [1.165, 1.54) is 0 Å². The van der Waals surface area contributed by atoms with Crippen LogP contribution in [-0.2, 0) is 4.84 Å². The van der Waals surface area contributed by atoms with Gasteiger partial charge in [0.05, 0.1) is 5.60 Å². The summed E-state index contributed by atoms with van der Waals surface area (Å²) in [6.07, 6.45) is 1.13. The van der Waals surface area contributed by atoms with Crippen LogP contribution >= 0.6 is 0 Å². The fourth-order valence-corrected chi connectivity index (χ4v) is 0.694. The zero-order valence-corrected chi connectivity index (χ0v) is 9.32. The van der Waals surface area contributed by atoms with Gasteiger partial charge in [-0.1, -0.05) is 20.8 Å². The second-order valence-corrected chi connectivity index (χ2v) is 5.42. The molecule has 2 heteroatoms. The molecule has 12 heavy (non-hydrogen) atoms. The van der Waals surface area contributed by atoms with Crippen LogP contribution in [0.1, 0.15) is 48.0 Å². The maximum absolute atomic E-state index is 5.37. The molecule has 1 N–H and O–H groups in total.